The predicted octanol–water partition coefficient (Wildman–Crippen LogP) is 6.68. The first-order chi connectivity index (χ1) is 15.7. The average molecular weight is 437 g/mol. The second-order valence-electron chi connectivity index (χ2n) is 11.0. The van der Waals surface area contributed by atoms with Gasteiger partial charge in [-0.3, -0.25) is 0 Å². The second kappa shape index (κ2) is 6.63. The first kappa shape index (κ1) is 20.3. The molecule has 1 aliphatic carbocycles. The lowest BCUT2D eigenvalue weighted by Gasteiger charge is -2.42. The van der Waals surface area contributed by atoms with Crippen LogP contribution in [0, 0.1) is 6.92 Å². The van der Waals surface area contributed by atoms with Gasteiger partial charge >= 0.3 is 5.82 Å². The smallest absolute Gasteiger partial charge is 0.334 e. The lowest BCUT2D eigenvalue weighted by Crippen LogP contribution is -2.34. The molecule has 0 aliphatic heterocycles. The van der Waals surface area contributed by atoms with E-state index in [0.29, 0.717) is 5.71 Å². The van der Waals surface area contributed by atoms with Crippen LogP contribution in [0.5, 0.6) is 0 Å². The molecule has 0 amide bonds. The maximum Gasteiger partial charge on any atom is 0.334 e. The lowest BCUT2D eigenvalue weighted by molar-refractivity contribution is -0.663. The van der Waals surface area contributed by atoms with Crippen molar-refractivity contribution < 1.29 is 8.98 Å². The number of hydrogen-bond acceptors (Lipinski definition) is 3. The van der Waals surface area contributed by atoms with Crippen LogP contribution < -0.4 is 4.57 Å². The van der Waals surface area contributed by atoms with Gasteiger partial charge in [0.2, 0.25) is 5.71 Å². The van der Waals surface area contributed by atoms with Gasteiger partial charge in [0.15, 0.2) is 5.58 Å². The third kappa shape index (κ3) is 2.86. The normalized spacial score (nSPS) is 17.0. The summed E-state index contributed by atoms with van der Waals surface area (Å²) in [5.74, 6) is 0.893. The second-order valence-corrected chi connectivity index (χ2v) is 11.0. The molecule has 4 heteroatoms. The zero-order valence-electron chi connectivity index (χ0n) is 20.3. The van der Waals surface area contributed by atoms with Crippen LogP contribution in [-0.4, -0.2) is 9.97 Å². The fourth-order valence-corrected chi connectivity index (χ4v) is 5.69. The number of benzene rings is 2. The molecule has 2 aromatic carbocycles. The van der Waals surface area contributed by atoms with Crippen LogP contribution in [0.3, 0.4) is 0 Å². The van der Waals surface area contributed by atoms with E-state index < -0.39 is 0 Å². The van der Waals surface area contributed by atoms with Crippen LogP contribution in [0.25, 0.3) is 44.4 Å². The molecular formula is C29H30N3O+. The summed E-state index contributed by atoms with van der Waals surface area (Å²) in [6.07, 6.45) is 6.20. The number of pyridine rings is 1. The zero-order valence-corrected chi connectivity index (χ0v) is 20.3. The molecule has 6 rings (SSSR count). The van der Waals surface area contributed by atoms with Crippen molar-refractivity contribution in [1.82, 2.24) is 9.97 Å². The highest BCUT2D eigenvalue weighted by Gasteiger charge is 2.38. The fraction of sp³-hybridized carbons (Fsp3) is 0.345. The molecule has 0 saturated carbocycles. The number of nitrogens with zero attached hydrogens (tertiary/aromatic N) is 3. The van der Waals surface area contributed by atoms with Gasteiger partial charge in [-0.1, -0.05) is 52.0 Å². The molecule has 4 nitrogen and oxygen atoms in total. The van der Waals surface area contributed by atoms with E-state index >= 15 is 0 Å². The molecule has 0 saturated heterocycles. The molecule has 3 aromatic heterocycles. The van der Waals surface area contributed by atoms with Gasteiger partial charge in [0.25, 0.3) is 0 Å². The number of fused-ring (bicyclic) bond motifs is 6. The van der Waals surface area contributed by atoms with Crippen LogP contribution >= 0.6 is 0 Å². The van der Waals surface area contributed by atoms with E-state index in [1.54, 1.807) is 0 Å². The van der Waals surface area contributed by atoms with Gasteiger partial charge in [0.05, 0.1) is 18.8 Å². The molecule has 0 unspecified atom stereocenters. The van der Waals surface area contributed by atoms with Gasteiger partial charge in [-0.25, -0.2) is 9.55 Å². The van der Waals surface area contributed by atoms with E-state index in [1.165, 1.54) is 22.9 Å². The maximum atomic E-state index is 6.53. The highest BCUT2D eigenvalue weighted by molar-refractivity contribution is 6.11. The van der Waals surface area contributed by atoms with Crippen LogP contribution in [0.1, 0.15) is 57.2 Å². The van der Waals surface area contributed by atoms with Crippen molar-refractivity contribution in [3.63, 3.8) is 0 Å². The minimum atomic E-state index is 0.0838. The van der Waals surface area contributed by atoms with Gasteiger partial charge in [-0.15, -0.1) is 0 Å². The van der Waals surface area contributed by atoms with Gasteiger partial charge in [-0.05, 0) is 58.3 Å². The quantitative estimate of drug-likeness (QED) is 0.275. The Bertz CT molecular complexity index is 1590. The summed E-state index contributed by atoms with van der Waals surface area (Å²) in [6.45, 7) is 11.5. The number of furan rings is 1. The molecule has 0 radical (unpaired) electrons. The zero-order chi connectivity index (χ0) is 23.1. The Morgan fingerprint density at radius 3 is 2.55 bits per heavy atom. The van der Waals surface area contributed by atoms with Crippen molar-refractivity contribution >= 4 is 33.0 Å². The minimum absolute atomic E-state index is 0.0838. The Labute approximate surface area is 194 Å². The Morgan fingerprint density at radius 1 is 0.970 bits per heavy atom. The lowest BCUT2D eigenvalue weighted by atomic mass is 9.62. The molecule has 0 bridgehead atoms. The summed E-state index contributed by atoms with van der Waals surface area (Å²) in [7, 11) is 2.02. The van der Waals surface area contributed by atoms with E-state index in [-0.39, 0.29) is 10.8 Å². The van der Waals surface area contributed by atoms with Crippen molar-refractivity contribution in [2.45, 2.75) is 58.3 Å². The predicted molar refractivity (Wildman–Crippen MR) is 133 cm³/mol. The Morgan fingerprint density at radius 2 is 1.76 bits per heavy atom. The molecule has 0 atom stereocenters. The maximum absolute atomic E-state index is 6.53. The summed E-state index contributed by atoms with van der Waals surface area (Å²) in [4.78, 5) is 9.84. The van der Waals surface area contributed by atoms with Crippen LogP contribution in [0.2, 0.25) is 0 Å². The van der Waals surface area contributed by atoms with Crippen molar-refractivity contribution in [3.05, 3.63) is 65.5 Å². The summed E-state index contributed by atoms with van der Waals surface area (Å²) >= 11 is 0. The molecule has 166 valence electrons. The van der Waals surface area contributed by atoms with Crippen molar-refractivity contribution in [2.24, 2.45) is 7.05 Å². The van der Waals surface area contributed by atoms with E-state index in [2.05, 4.69) is 69.9 Å². The molecule has 33 heavy (non-hydrogen) atoms. The summed E-state index contributed by atoms with van der Waals surface area (Å²) in [5, 5.41) is 3.33. The molecule has 5 aromatic rings. The van der Waals surface area contributed by atoms with Crippen molar-refractivity contribution in [1.29, 1.82) is 0 Å². The summed E-state index contributed by atoms with van der Waals surface area (Å²) in [5.41, 5.74) is 7.85. The number of hydrogen-bond donors (Lipinski definition) is 0. The van der Waals surface area contributed by atoms with Crippen molar-refractivity contribution in [2.75, 3.05) is 0 Å². The van der Waals surface area contributed by atoms with Gasteiger partial charge in [0, 0.05) is 22.2 Å². The van der Waals surface area contributed by atoms with E-state index in [0.717, 1.165) is 45.2 Å². The minimum Gasteiger partial charge on any atom is -0.437 e. The monoisotopic (exact) mass is 436 g/mol. The first-order valence-electron chi connectivity index (χ1n) is 11.8. The number of rotatable bonds is 1. The van der Waals surface area contributed by atoms with E-state index in [9.17, 15) is 0 Å². The van der Waals surface area contributed by atoms with E-state index in [1.807, 2.05) is 30.1 Å². The van der Waals surface area contributed by atoms with Gasteiger partial charge in [0.1, 0.15) is 11.8 Å². The van der Waals surface area contributed by atoms with Crippen LogP contribution in [0.15, 0.2) is 53.2 Å². The van der Waals surface area contributed by atoms with Crippen molar-refractivity contribution in [3.8, 4) is 11.4 Å². The molecule has 1 aliphatic rings. The molecule has 0 fully saturated rings. The summed E-state index contributed by atoms with van der Waals surface area (Å²) < 4.78 is 8.57. The molecule has 3 heterocycles. The van der Waals surface area contributed by atoms with Gasteiger partial charge < -0.3 is 4.42 Å². The third-order valence-corrected chi connectivity index (χ3v) is 7.74. The Hall–Kier alpha value is -3.27. The van der Waals surface area contributed by atoms with E-state index in [4.69, 9.17) is 9.40 Å². The number of aryl methyl sites for hydroxylation is 2. The standard InChI is InChI=1S/C29H30N3O/c1-17-8-10-19-20-16-18-9-11-21-23(29(4,5)13-12-28(21,2)3)24(18)31-27(20)33-25(19)22(17)26-30-14-7-15-32(26)6/h7-11,14-16H,12-13H2,1-6H3/q+1. The first-order valence-corrected chi connectivity index (χ1v) is 11.8. The van der Waals surface area contributed by atoms with Gasteiger partial charge in [-0.2, -0.15) is 0 Å². The third-order valence-electron chi connectivity index (χ3n) is 7.74. The molecule has 0 spiro atoms. The largest absolute Gasteiger partial charge is 0.437 e. The highest BCUT2D eigenvalue weighted by atomic mass is 16.3. The van der Waals surface area contributed by atoms with Crippen LogP contribution in [0.4, 0.5) is 0 Å². The fourth-order valence-electron chi connectivity index (χ4n) is 5.69. The topological polar surface area (TPSA) is 42.8 Å². The average Bonchev–Trinajstić information content (AvgIpc) is 3.13. The Kier molecular flexibility index (Phi) is 4.09. The highest BCUT2D eigenvalue weighted by Crippen LogP contribution is 2.48. The molecular weight excluding hydrogens is 406 g/mol. The summed E-state index contributed by atoms with van der Waals surface area (Å²) in [6, 6.07) is 13.1. The Balaban J connectivity index is 1.72. The molecule has 0 N–H and O–H groups in total. The number of aromatic nitrogens is 3. The SMILES string of the molecule is Cc1ccc2c(oc3nc4c5c(ccc4cc32)C(C)(C)CCC5(C)C)c1-c1nccc[n+]1C. The van der Waals surface area contributed by atoms with Crippen LogP contribution in [-0.2, 0) is 17.9 Å².